The normalized spacial score (nSPS) is 12.8. The van der Waals surface area contributed by atoms with Crippen LogP contribution in [-0.2, 0) is 11.3 Å². The van der Waals surface area contributed by atoms with Gasteiger partial charge >= 0.3 is 5.97 Å². The van der Waals surface area contributed by atoms with Crippen LogP contribution in [0.1, 0.15) is 19.4 Å². The summed E-state index contributed by atoms with van der Waals surface area (Å²) in [6.07, 6.45) is 3.57. The number of aromatic nitrogens is 1. The molecule has 4 heteroatoms. The van der Waals surface area contributed by atoms with Gasteiger partial charge in [-0.1, -0.05) is 32.0 Å². The van der Waals surface area contributed by atoms with E-state index in [4.69, 9.17) is 5.11 Å². The fourth-order valence-electron chi connectivity index (χ4n) is 2.17. The summed E-state index contributed by atoms with van der Waals surface area (Å²) in [5.74, 6) is -0.758. The van der Waals surface area contributed by atoms with Crippen LogP contribution >= 0.6 is 0 Å². The van der Waals surface area contributed by atoms with Gasteiger partial charge in [0.2, 0.25) is 0 Å². The van der Waals surface area contributed by atoms with Gasteiger partial charge in [-0.15, -0.1) is 0 Å². The maximum atomic E-state index is 11.2. The Balaban J connectivity index is 2.20. The van der Waals surface area contributed by atoms with Gasteiger partial charge in [0, 0.05) is 24.3 Å². The van der Waals surface area contributed by atoms with E-state index in [1.165, 1.54) is 0 Å². The number of fused-ring (bicyclic) bond motifs is 1. The summed E-state index contributed by atoms with van der Waals surface area (Å²) < 4.78 is 0. The van der Waals surface area contributed by atoms with Crippen molar-refractivity contribution in [3.8, 4) is 0 Å². The van der Waals surface area contributed by atoms with Crippen molar-refractivity contribution >= 4 is 16.7 Å². The third-order valence-electron chi connectivity index (χ3n) is 3.22. The first-order valence-corrected chi connectivity index (χ1v) is 6.37. The van der Waals surface area contributed by atoms with Crippen LogP contribution in [0, 0.1) is 5.92 Å². The third-order valence-corrected chi connectivity index (χ3v) is 3.22. The minimum absolute atomic E-state index is 0.0501. The topological polar surface area (TPSA) is 62.2 Å². The van der Waals surface area contributed by atoms with Gasteiger partial charge in [0.1, 0.15) is 6.04 Å². The Labute approximate surface area is 112 Å². The van der Waals surface area contributed by atoms with E-state index < -0.39 is 12.0 Å². The molecule has 1 heterocycles. The summed E-state index contributed by atoms with van der Waals surface area (Å²) in [4.78, 5) is 15.2. The average Bonchev–Trinajstić information content (AvgIpc) is 2.38. The quantitative estimate of drug-likeness (QED) is 0.864. The first kappa shape index (κ1) is 13.5. The summed E-state index contributed by atoms with van der Waals surface area (Å²) in [6.45, 7) is 4.34. The van der Waals surface area contributed by atoms with Crippen molar-refractivity contribution in [2.45, 2.75) is 26.4 Å². The van der Waals surface area contributed by atoms with E-state index in [9.17, 15) is 4.79 Å². The number of rotatable bonds is 5. The Morgan fingerprint density at radius 2 is 2.16 bits per heavy atom. The van der Waals surface area contributed by atoms with Crippen molar-refractivity contribution in [2.24, 2.45) is 5.92 Å². The Bertz CT molecular complexity index is 576. The van der Waals surface area contributed by atoms with Gasteiger partial charge in [-0.25, -0.2) is 0 Å². The zero-order valence-corrected chi connectivity index (χ0v) is 11.1. The average molecular weight is 258 g/mol. The number of aliphatic carboxylic acids is 1. The second kappa shape index (κ2) is 5.80. The molecule has 0 aliphatic rings. The molecule has 0 aliphatic carbocycles. The van der Waals surface area contributed by atoms with Gasteiger partial charge in [-0.2, -0.15) is 0 Å². The molecule has 2 N–H and O–H groups in total. The van der Waals surface area contributed by atoms with Crippen LogP contribution in [0.15, 0.2) is 36.7 Å². The van der Waals surface area contributed by atoms with E-state index >= 15 is 0 Å². The molecule has 1 aromatic heterocycles. The second-order valence-corrected chi connectivity index (χ2v) is 4.95. The van der Waals surface area contributed by atoms with Crippen molar-refractivity contribution in [3.05, 3.63) is 42.2 Å². The predicted octanol–water partition coefficient (Wildman–Crippen LogP) is 2.43. The molecule has 19 heavy (non-hydrogen) atoms. The molecule has 0 bridgehead atoms. The molecule has 2 aromatic rings. The van der Waals surface area contributed by atoms with Gasteiger partial charge in [0.05, 0.1) is 0 Å². The van der Waals surface area contributed by atoms with E-state index in [1.54, 1.807) is 6.20 Å². The molecule has 2 rings (SSSR count). The van der Waals surface area contributed by atoms with Crippen molar-refractivity contribution in [1.29, 1.82) is 0 Å². The second-order valence-electron chi connectivity index (χ2n) is 4.95. The number of benzene rings is 1. The smallest absolute Gasteiger partial charge is 0.320 e. The van der Waals surface area contributed by atoms with Crippen LogP contribution in [-0.4, -0.2) is 22.1 Å². The Hall–Kier alpha value is -1.94. The molecule has 4 nitrogen and oxygen atoms in total. The number of hydrogen-bond acceptors (Lipinski definition) is 3. The maximum absolute atomic E-state index is 11.2. The minimum Gasteiger partial charge on any atom is -0.480 e. The van der Waals surface area contributed by atoms with Gasteiger partial charge in [0.25, 0.3) is 0 Å². The SMILES string of the molecule is CC(C)C(NCc1cccc2cnccc12)C(=O)O. The Morgan fingerprint density at radius 3 is 2.84 bits per heavy atom. The lowest BCUT2D eigenvalue weighted by Gasteiger charge is -2.18. The highest BCUT2D eigenvalue weighted by Crippen LogP contribution is 2.17. The predicted molar refractivity (Wildman–Crippen MR) is 74.8 cm³/mol. The van der Waals surface area contributed by atoms with Crippen LogP contribution in [0.5, 0.6) is 0 Å². The number of hydrogen-bond donors (Lipinski definition) is 2. The van der Waals surface area contributed by atoms with Crippen LogP contribution in [0.2, 0.25) is 0 Å². The molecule has 0 fully saturated rings. The fraction of sp³-hybridized carbons (Fsp3) is 0.333. The molecule has 0 saturated carbocycles. The molecule has 0 spiro atoms. The molecule has 1 aromatic carbocycles. The zero-order valence-electron chi connectivity index (χ0n) is 11.1. The van der Waals surface area contributed by atoms with E-state index in [0.717, 1.165) is 16.3 Å². The number of nitrogens with one attached hydrogen (secondary N) is 1. The largest absolute Gasteiger partial charge is 0.480 e. The Morgan fingerprint density at radius 1 is 1.37 bits per heavy atom. The van der Waals surface area contributed by atoms with E-state index in [2.05, 4.69) is 10.3 Å². The fourth-order valence-corrected chi connectivity index (χ4v) is 2.17. The molecule has 0 radical (unpaired) electrons. The van der Waals surface area contributed by atoms with Gasteiger partial charge in [0.15, 0.2) is 0 Å². The highest BCUT2D eigenvalue weighted by molar-refractivity contribution is 5.84. The number of carboxylic acids is 1. The highest BCUT2D eigenvalue weighted by atomic mass is 16.4. The molecular weight excluding hydrogens is 240 g/mol. The van der Waals surface area contributed by atoms with Crippen molar-refractivity contribution in [2.75, 3.05) is 0 Å². The summed E-state index contributed by atoms with van der Waals surface area (Å²) in [7, 11) is 0. The van der Waals surface area contributed by atoms with E-state index in [0.29, 0.717) is 6.54 Å². The lowest BCUT2D eigenvalue weighted by atomic mass is 10.0. The van der Waals surface area contributed by atoms with Gasteiger partial charge in [-0.3, -0.25) is 9.78 Å². The lowest BCUT2D eigenvalue weighted by molar-refractivity contribution is -0.140. The highest BCUT2D eigenvalue weighted by Gasteiger charge is 2.20. The molecule has 0 amide bonds. The summed E-state index contributed by atoms with van der Waals surface area (Å²) >= 11 is 0. The standard InChI is InChI=1S/C15H18N2O2/c1-10(2)14(15(18)19)17-9-12-5-3-4-11-8-16-7-6-13(11)12/h3-8,10,14,17H,9H2,1-2H3,(H,18,19). The van der Waals surface area contributed by atoms with Crippen LogP contribution < -0.4 is 5.32 Å². The van der Waals surface area contributed by atoms with Crippen molar-refractivity contribution in [3.63, 3.8) is 0 Å². The van der Waals surface area contributed by atoms with E-state index in [-0.39, 0.29) is 5.92 Å². The van der Waals surface area contributed by atoms with Gasteiger partial charge in [-0.05, 0) is 22.9 Å². The van der Waals surface area contributed by atoms with Crippen LogP contribution in [0.3, 0.4) is 0 Å². The molecule has 0 aliphatic heterocycles. The molecule has 1 atom stereocenters. The minimum atomic E-state index is -0.808. The molecular formula is C15H18N2O2. The summed E-state index contributed by atoms with van der Waals surface area (Å²) in [6, 6.07) is 7.40. The molecule has 1 unspecified atom stereocenters. The summed E-state index contributed by atoms with van der Waals surface area (Å²) in [5.41, 5.74) is 1.09. The van der Waals surface area contributed by atoms with Gasteiger partial charge < -0.3 is 10.4 Å². The summed E-state index contributed by atoms with van der Waals surface area (Å²) in [5, 5.41) is 14.4. The zero-order chi connectivity index (χ0) is 13.8. The van der Waals surface area contributed by atoms with Crippen LogP contribution in [0.4, 0.5) is 0 Å². The lowest BCUT2D eigenvalue weighted by Crippen LogP contribution is -2.40. The maximum Gasteiger partial charge on any atom is 0.320 e. The number of carboxylic acid groups (broad SMARTS) is 1. The first-order valence-electron chi connectivity index (χ1n) is 6.37. The molecule has 0 saturated heterocycles. The number of pyridine rings is 1. The number of nitrogens with zero attached hydrogens (tertiary/aromatic N) is 1. The third kappa shape index (κ3) is 3.09. The van der Waals surface area contributed by atoms with Crippen molar-refractivity contribution in [1.82, 2.24) is 10.3 Å². The first-order chi connectivity index (χ1) is 9.09. The number of carbonyl (C=O) groups is 1. The van der Waals surface area contributed by atoms with E-state index in [1.807, 2.05) is 44.3 Å². The Kier molecular flexibility index (Phi) is 4.12. The van der Waals surface area contributed by atoms with Crippen molar-refractivity contribution < 1.29 is 9.90 Å². The van der Waals surface area contributed by atoms with Crippen LogP contribution in [0.25, 0.3) is 10.8 Å². The molecule has 100 valence electrons. The monoisotopic (exact) mass is 258 g/mol.